The lowest BCUT2D eigenvalue weighted by Gasteiger charge is -2.26. The van der Waals surface area contributed by atoms with Gasteiger partial charge in [0, 0.05) is 24.7 Å². The van der Waals surface area contributed by atoms with Crippen LogP contribution in [0.2, 0.25) is 0 Å². The van der Waals surface area contributed by atoms with Gasteiger partial charge in [0.15, 0.2) is 0 Å². The number of carbonyl (C=O) groups is 1. The second-order valence-electron chi connectivity index (χ2n) is 8.25. The highest BCUT2D eigenvalue weighted by atomic mass is 16.1. The molecule has 1 aromatic heterocycles. The van der Waals surface area contributed by atoms with Crippen LogP contribution in [0.3, 0.4) is 0 Å². The highest BCUT2D eigenvalue weighted by Crippen LogP contribution is 2.31. The Hall–Kier alpha value is -2.66. The van der Waals surface area contributed by atoms with E-state index in [-0.39, 0.29) is 5.91 Å². The summed E-state index contributed by atoms with van der Waals surface area (Å²) >= 11 is 0. The molecule has 4 rings (SSSR count). The molecule has 0 bridgehead atoms. The van der Waals surface area contributed by atoms with Crippen LogP contribution in [0.25, 0.3) is 22.4 Å². The van der Waals surface area contributed by atoms with Crippen molar-refractivity contribution in [2.24, 2.45) is 5.92 Å². The minimum absolute atomic E-state index is 0.0198. The minimum Gasteiger partial charge on any atom is -0.350 e. The standard InChI is InChI=1S/C23H28N4O/c1-15(2)14-20(26(3)4)16-8-10-17(11-9-16)22-25-19-7-5-6-18-21(19)27(22)13-12-24-23(18)28/h5-11,15,20H,12-14H2,1-4H3,(H,24,28). The number of benzene rings is 2. The van der Waals surface area contributed by atoms with Crippen LogP contribution in [-0.2, 0) is 6.54 Å². The summed E-state index contributed by atoms with van der Waals surface area (Å²) in [5, 5.41) is 2.98. The molecular weight excluding hydrogens is 348 g/mol. The quantitative estimate of drug-likeness (QED) is 0.729. The number of nitrogens with one attached hydrogen (secondary N) is 1. The van der Waals surface area contributed by atoms with Gasteiger partial charge in [-0.3, -0.25) is 4.79 Å². The molecule has 5 nitrogen and oxygen atoms in total. The normalized spacial score (nSPS) is 15.1. The number of carbonyl (C=O) groups excluding carboxylic acids is 1. The van der Waals surface area contributed by atoms with Gasteiger partial charge < -0.3 is 14.8 Å². The number of rotatable bonds is 5. The third kappa shape index (κ3) is 3.31. The lowest BCUT2D eigenvalue weighted by Crippen LogP contribution is -2.24. The predicted octanol–water partition coefficient (Wildman–Crippen LogP) is 4.10. The molecular formula is C23H28N4O. The Kier molecular flexibility index (Phi) is 4.94. The van der Waals surface area contributed by atoms with Crippen LogP contribution in [0.1, 0.15) is 42.2 Å². The van der Waals surface area contributed by atoms with Crippen molar-refractivity contribution >= 4 is 16.9 Å². The Balaban J connectivity index is 1.76. The number of hydrogen-bond acceptors (Lipinski definition) is 3. The molecule has 3 aromatic rings. The molecule has 1 atom stereocenters. The summed E-state index contributed by atoms with van der Waals surface area (Å²) in [5.74, 6) is 1.55. The predicted molar refractivity (Wildman–Crippen MR) is 113 cm³/mol. The van der Waals surface area contributed by atoms with E-state index in [2.05, 4.69) is 67.0 Å². The Labute approximate surface area is 166 Å². The molecule has 0 radical (unpaired) electrons. The van der Waals surface area contributed by atoms with Gasteiger partial charge in [-0.2, -0.15) is 0 Å². The molecule has 146 valence electrons. The van der Waals surface area contributed by atoms with E-state index in [1.54, 1.807) is 0 Å². The first-order chi connectivity index (χ1) is 13.5. The van der Waals surface area contributed by atoms with Crippen molar-refractivity contribution in [1.29, 1.82) is 0 Å². The summed E-state index contributed by atoms with van der Waals surface area (Å²) < 4.78 is 2.18. The second-order valence-corrected chi connectivity index (χ2v) is 8.25. The molecule has 5 heteroatoms. The van der Waals surface area contributed by atoms with Gasteiger partial charge in [0.2, 0.25) is 0 Å². The van der Waals surface area contributed by atoms with Gasteiger partial charge in [-0.1, -0.05) is 44.2 Å². The van der Waals surface area contributed by atoms with Crippen LogP contribution >= 0.6 is 0 Å². The zero-order valence-corrected chi connectivity index (χ0v) is 17.1. The maximum atomic E-state index is 12.4. The number of aromatic nitrogens is 2. The molecule has 1 amide bonds. The largest absolute Gasteiger partial charge is 0.350 e. The van der Waals surface area contributed by atoms with Gasteiger partial charge in [0.05, 0.1) is 16.6 Å². The maximum absolute atomic E-state index is 12.4. The molecule has 1 N–H and O–H groups in total. The van der Waals surface area contributed by atoms with E-state index in [1.807, 2.05) is 18.2 Å². The molecule has 0 spiro atoms. The molecule has 2 aromatic carbocycles. The smallest absolute Gasteiger partial charge is 0.253 e. The number of hydrogen-bond donors (Lipinski definition) is 1. The SMILES string of the molecule is CC(C)CC(c1ccc(-c2nc3cccc4c3n2CCNC4=O)cc1)N(C)C. The van der Waals surface area contributed by atoms with Gasteiger partial charge in [0.25, 0.3) is 5.91 Å². The summed E-state index contributed by atoms with van der Waals surface area (Å²) in [5.41, 5.74) is 4.92. The molecule has 1 aliphatic heterocycles. The average Bonchev–Trinajstić information content (AvgIpc) is 2.95. The molecule has 1 aliphatic rings. The first-order valence-corrected chi connectivity index (χ1v) is 10.00. The Morgan fingerprint density at radius 3 is 2.57 bits per heavy atom. The van der Waals surface area contributed by atoms with E-state index < -0.39 is 0 Å². The number of amides is 1. The fourth-order valence-electron chi connectivity index (χ4n) is 4.13. The van der Waals surface area contributed by atoms with E-state index in [4.69, 9.17) is 4.98 Å². The molecule has 0 fully saturated rings. The molecule has 0 saturated heterocycles. The van der Waals surface area contributed by atoms with Gasteiger partial charge in [-0.05, 0) is 44.1 Å². The highest BCUT2D eigenvalue weighted by Gasteiger charge is 2.22. The molecule has 1 unspecified atom stereocenters. The average molecular weight is 377 g/mol. The van der Waals surface area contributed by atoms with E-state index >= 15 is 0 Å². The van der Waals surface area contributed by atoms with Crippen molar-refractivity contribution in [1.82, 2.24) is 19.8 Å². The summed E-state index contributed by atoms with van der Waals surface area (Å²) in [6, 6.07) is 14.9. The van der Waals surface area contributed by atoms with Crippen molar-refractivity contribution in [3.05, 3.63) is 53.6 Å². The Bertz CT molecular complexity index is 1000. The zero-order chi connectivity index (χ0) is 19.8. The Morgan fingerprint density at radius 1 is 1.14 bits per heavy atom. The molecule has 0 aliphatic carbocycles. The van der Waals surface area contributed by atoms with Crippen molar-refractivity contribution in [3.8, 4) is 11.4 Å². The van der Waals surface area contributed by atoms with Gasteiger partial charge in [0.1, 0.15) is 5.82 Å². The van der Waals surface area contributed by atoms with Crippen molar-refractivity contribution in [2.45, 2.75) is 32.9 Å². The van der Waals surface area contributed by atoms with Crippen molar-refractivity contribution in [3.63, 3.8) is 0 Å². The van der Waals surface area contributed by atoms with E-state index in [9.17, 15) is 4.79 Å². The topological polar surface area (TPSA) is 50.2 Å². The van der Waals surface area contributed by atoms with Crippen molar-refractivity contribution < 1.29 is 4.79 Å². The number of imidazole rings is 1. The minimum atomic E-state index is -0.0198. The van der Waals surface area contributed by atoms with Crippen LogP contribution in [0.4, 0.5) is 0 Å². The second kappa shape index (κ2) is 7.40. The summed E-state index contributed by atoms with van der Waals surface area (Å²) in [4.78, 5) is 19.5. The summed E-state index contributed by atoms with van der Waals surface area (Å²) in [7, 11) is 4.28. The zero-order valence-electron chi connectivity index (χ0n) is 17.1. The van der Waals surface area contributed by atoms with Crippen molar-refractivity contribution in [2.75, 3.05) is 20.6 Å². The number of nitrogens with zero attached hydrogens (tertiary/aromatic N) is 3. The van der Waals surface area contributed by atoms with E-state index in [0.717, 1.165) is 35.4 Å². The van der Waals surface area contributed by atoms with E-state index in [0.29, 0.717) is 24.1 Å². The Morgan fingerprint density at radius 2 is 1.89 bits per heavy atom. The van der Waals surface area contributed by atoms with Crippen LogP contribution in [-0.4, -0.2) is 41.0 Å². The lowest BCUT2D eigenvalue weighted by molar-refractivity contribution is 0.0956. The lowest BCUT2D eigenvalue weighted by atomic mass is 9.95. The first-order valence-electron chi connectivity index (χ1n) is 10.00. The third-order valence-electron chi connectivity index (χ3n) is 5.50. The molecule has 28 heavy (non-hydrogen) atoms. The van der Waals surface area contributed by atoms with Crippen LogP contribution < -0.4 is 5.32 Å². The monoisotopic (exact) mass is 376 g/mol. The fourth-order valence-corrected chi connectivity index (χ4v) is 4.13. The first kappa shape index (κ1) is 18.7. The molecule has 2 heterocycles. The van der Waals surface area contributed by atoms with E-state index in [1.165, 1.54) is 5.56 Å². The van der Waals surface area contributed by atoms with Crippen LogP contribution in [0.5, 0.6) is 0 Å². The van der Waals surface area contributed by atoms with Gasteiger partial charge in [-0.15, -0.1) is 0 Å². The number of para-hydroxylation sites is 1. The summed E-state index contributed by atoms with van der Waals surface area (Å²) in [6.07, 6.45) is 1.13. The van der Waals surface area contributed by atoms with Gasteiger partial charge in [-0.25, -0.2) is 4.98 Å². The highest BCUT2D eigenvalue weighted by molar-refractivity contribution is 6.06. The third-order valence-corrected chi connectivity index (χ3v) is 5.50. The van der Waals surface area contributed by atoms with Crippen LogP contribution in [0, 0.1) is 5.92 Å². The maximum Gasteiger partial charge on any atom is 0.253 e. The fraction of sp³-hybridized carbons (Fsp3) is 0.391. The summed E-state index contributed by atoms with van der Waals surface area (Å²) in [6.45, 7) is 5.87. The van der Waals surface area contributed by atoms with Crippen LogP contribution in [0.15, 0.2) is 42.5 Å². The van der Waals surface area contributed by atoms with Gasteiger partial charge >= 0.3 is 0 Å². The molecule has 0 saturated carbocycles.